The second-order valence-corrected chi connectivity index (χ2v) is 8.36. The second kappa shape index (κ2) is 14.4. The zero-order valence-corrected chi connectivity index (χ0v) is 18.7. The fourth-order valence-electron chi connectivity index (χ4n) is 3.78. The molecule has 0 saturated heterocycles. The molecule has 1 aromatic heterocycles. The van der Waals surface area contributed by atoms with Crippen LogP contribution in [0.15, 0.2) is 34.8 Å². The van der Waals surface area contributed by atoms with Gasteiger partial charge in [-0.25, -0.2) is 4.98 Å². The minimum atomic E-state index is -0.591. The largest absolute Gasteiger partial charge is 0.438 e. The molecule has 1 aromatic carbocycles. The average Bonchev–Trinajstić information content (AvgIpc) is 3.17. The maximum atomic E-state index is 10.4. The molecule has 2 aromatic rings. The number of aliphatic hydroxyl groups excluding tert-OH is 1. The molecule has 0 bridgehead atoms. The van der Waals surface area contributed by atoms with E-state index in [0.717, 1.165) is 35.9 Å². The number of aliphatic hydroxyl groups is 1. The van der Waals surface area contributed by atoms with Gasteiger partial charge in [0.25, 0.3) is 0 Å². The Morgan fingerprint density at radius 3 is 2.17 bits per heavy atom. The normalized spacial score (nSPS) is 12.9. The summed E-state index contributed by atoms with van der Waals surface area (Å²) in [7, 11) is 0. The molecular weight excluding hydrogens is 358 g/mol. The average molecular weight is 400 g/mol. The van der Waals surface area contributed by atoms with Crippen molar-refractivity contribution < 1.29 is 9.52 Å². The number of rotatable bonds is 16. The van der Waals surface area contributed by atoms with Crippen molar-refractivity contribution in [1.82, 2.24) is 4.98 Å². The van der Waals surface area contributed by atoms with Crippen LogP contribution in [0.25, 0.3) is 11.1 Å². The Hall–Kier alpha value is -1.61. The Morgan fingerprint density at radius 2 is 1.52 bits per heavy atom. The molecule has 0 aliphatic rings. The van der Waals surface area contributed by atoms with Crippen LogP contribution < -0.4 is 0 Å². The van der Waals surface area contributed by atoms with Crippen molar-refractivity contribution in [2.75, 3.05) is 0 Å². The van der Waals surface area contributed by atoms with Gasteiger partial charge < -0.3 is 9.52 Å². The highest BCUT2D eigenvalue weighted by Gasteiger charge is 2.15. The van der Waals surface area contributed by atoms with Gasteiger partial charge >= 0.3 is 0 Å². The predicted octanol–water partition coefficient (Wildman–Crippen LogP) is 8.21. The zero-order valence-electron chi connectivity index (χ0n) is 18.7. The summed E-state index contributed by atoms with van der Waals surface area (Å²) in [5.74, 6) is 0.463. The highest BCUT2D eigenvalue weighted by molar-refractivity contribution is 5.76. The highest BCUT2D eigenvalue weighted by atomic mass is 16.4. The number of aromatic nitrogens is 1. The number of aryl methyl sites for hydroxylation is 1. The molecule has 29 heavy (non-hydrogen) atoms. The lowest BCUT2D eigenvalue weighted by atomic mass is 10.1. The molecule has 0 radical (unpaired) electrons. The van der Waals surface area contributed by atoms with Crippen LogP contribution in [-0.4, -0.2) is 10.1 Å². The molecule has 1 heterocycles. The Labute approximate surface area is 177 Å². The van der Waals surface area contributed by atoms with Crippen molar-refractivity contribution in [2.24, 2.45) is 0 Å². The maximum absolute atomic E-state index is 10.4. The summed E-state index contributed by atoms with van der Waals surface area (Å²) in [4.78, 5) is 4.44. The van der Waals surface area contributed by atoms with E-state index in [9.17, 15) is 5.11 Å². The van der Waals surface area contributed by atoms with Crippen LogP contribution in [0.5, 0.6) is 0 Å². The Bertz CT molecular complexity index is 704. The second-order valence-electron chi connectivity index (χ2n) is 8.36. The van der Waals surface area contributed by atoms with Crippen LogP contribution in [0.3, 0.4) is 0 Å². The SMILES string of the molecule is CCCCCCCCC=CCCCCCCCC(O)c1nc2cccc(C)c2o1. The Morgan fingerprint density at radius 1 is 0.897 bits per heavy atom. The molecule has 2 rings (SSSR count). The van der Waals surface area contributed by atoms with Gasteiger partial charge in [-0.05, 0) is 50.7 Å². The van der Waals surface area contributed by atoms with Crippen molar-refractivity contribution in [3.05, 3.63) is 41.8 Å². The van der Waals surface area contributed by atoms with E-state index >= 15 is 0 Å². The van der Waals surface area contributed by atoms with Crippen molar-refractivity contribution in [3.63, 3.8) is 0 Å². The number of fused-ring (bicyclic) bond motifs is 1. The van der Waals surface area contributed by atoms with Gasteiger partial charge in [0.05, 0.1) is 0 Å². The van der Waals surface area contributed by atoms with Crippen molar-refractivity contribution in [2.45, 2.75) is 110 Å². The van der Waals surface area contributed by atoms with E-state index < -0.39 is 6.10 Å². The minimum Gasteiger partial charge on any atom is -0.438 e. The molecule has 3 heteroatoms. The molecule has 1 atom stereocenters. The van der Waals surface area contributed by atoms with Gasteiger partial charge in [0.1, 0.15) is 11.6 Å². The van der Waals surface area contributed by atoms with E-state index in [1.165, 1.54) is 70.6 Å². The fourth-order valence-corrected chi connectivity index (χ4v) is 3.78. The van der Waals surface area contributed by atoms with E-state index in [2.05, 4.69) is 24.1 Å². The van der Waals surface area contributed by atoms with Gasteiger partial charge in [-0.15, -0.1) is 0 Å². The minimum absolute atomic E-state index is 0.463. The van der Waals surface area contributed by atoms with Crippen LogP contribution in [0.1, 0.15) is 114 Å². The number of oxazole rings is 1. The van der Waals surface area contributed by atoms with Crippen molar-refractivity contribution >= 4 is 11.1 Å². The van der Waals surface area contributed by atoms with Crippen molar-refractivity contribution in [1.29, 1.82) is 0 Å². The molecule has 0 fully saturated rings. The summed E-state index contributed by atoms with van der Waals surface area (Å²) in [6.07, 6.45) is 21.6. The topological polar surface area (TPSA) is 46.3 Å². The molecule has 3 nitrogen and oxygen atoms in total. The van der Waals surface area contributed by atoms with Crippen molar-refractivity contribution in [3.8, 4) is 0 Å². The Balaban J connectivity index is 1.45. The molecular formula is C26H41NO2. The quantitative estimate of drug-likeness (QED) is 0.228. The first kappa shape index (κ1) is 23.7. The van der Waals surface area contributed by atoms with Gasteiger partial charge in [0, 0.05) is 0 Å². The van der Waals surface area contributed by atoms with Crippen LogP contribution in [-0.2, 0) is 0 Å². The number of hydrogen-bond acceptors (Lipinski definition) is 3. The van der Waals surface area contributed by atoms with Crippen LogP contribution in [0.4, 0.5) is 0 Å². The molecule has 0 aliphatic heterocycles. The van der Waals surface area contributed by atoms with E-state index in [4.69, 9.17) is 4.42 Å². The Kier molecular flexibility index (Phi) is 11.7. The van der Waals surface area contributed by atoms with Gasteiger partial charge in [-0.3, -0.25) is 0 Å². The van der Waals surface area contributed by atoms with Crippen LogP contribution >= 0.6 is 0 Å². The zero-order chi connectivity index (χ0) is 20.7. The van der Waals surface area contributed by atoms with Gasteiger partial charge in [0.15, 0.2) is 5.58 Å². The molecule has 1 N–H and O–H groups in total. The fraction of sp³-hybridized carbons (Fsp3) is 0.654. The first-order chi connectivity index (χ1) is 14.2. The molecule has 162 valence electrons. The molecule has 0 spiro atoms. The first-order valence-electron chi connectivity index (χ1n) is 11.9. The number of para-hydroxylation sites is 1. The lowest BCUT2D eigenvalue weighted by molar-refractivity contribution is 0.133. The lowest BCUT2D eigenvalue weighted by Gasteiger charge is -2.06. The summed E-state index contributed by atoms with van der Waals surface area (Å²) < 4.78 is 5.77. The lowest BCUT2D eigenvalue weighted by Crippen LogP contribution is -1.97. The third-order valence-electron chi connectivity index (χ3n) is 5.65. The predicted molar refractivity (Wildman–Crippen MR) is 123 cm³/mol. The molecule has 0 aliphatic carbocycles. The van der Waals surface area contributed by atoms with E-state index in [1.807, 2.05) is 25.1 Å². The number of hydrogen-bond donors (Lipinski definition) is 1. The monoisotopic (exact) mass is 399 g/mol. The summed E-state index contributed by atoms with van der Waals surface area (Å²) in [5.41, 5.74) is 2.70. The summed E-state index contributed by atoms with van der Waals surface area (Å²) in [6.45, 7) is 4.28. The first-order valence-corrected chi connectivity index (χ1v) is 11.9. The number of nitrogens with zero attached hydrogens (tertiary/aromatic N) is 1. The van der Waals surface area contributed by atoms with Crippen LogP contribution in [0, 0.1) is 6.92 Å². The third kappa shape index (κ3) is 9.16. The smallest absolute Gasteiger partial charge is 0.224 e. The molecule has 1 unspecified atom stereocenters. The summed E-state index contributed by atoms with van der Waals surface area (Å²) >= 11 is 0. The van der Waals surface area contributed by atoms with Crippen LogP contribution in [0.2, 0.25) is 0 Å². The molecule has 0 saturated carbocycles. The highest BCUT2D eigenvalue weighted by Crippen LogP contribution is 2.25. The maximum Gasteiger partial charge on any atom is 0.224 e. The van der Waals surface area contributed by atoms with E-state index in [1.54, 1.807) is 0 Å². The number of allylic oxidation sites excluding steroid dienone is 2. The van der Waals surface area contributed by atoms with E-state index in [-0.39, 0.29) is 0 Å². The van der Waals surface area contributed by atoms with E-state index in [0.29, 0.717) is 5.89 Å². The standard InChI is InChI=1S/C26H41NO2/c1-3-4-5-6-7-8-9-10-11-12-13-14-15-16-17-21-24(28)26-27-23-20-18-19-22(2)25(23)29-26/h10-11,18-20,24,28H,3-9,12-17,21H2,1-2H3. The summed E-state index contributed by atoms with van der Waals surface area (Å²) in [6, 6.07) is 5.91. The third-order valence-corrected chi connectivity index (χ3v) is 5.65. The van der Waals surface area contributed by atoms with Gasteiger partial charge in [0.2, 0.25) is 5.89 Å². The molecule has 0 amide bonds. The summed E-state index contributed by atoms with van der Waals surface area (Å²) in [5, 5.41) is 10.4. The van der Waals surface area contributed by atoms with Gasteiger partial charge in [-0.2, -0.15) is 0 Å². The number of benzene rings is 1. The van der Waals surface area contributed by atoms with Gasteiger partial charge in [-0.1, -0.05) is 89.0 Å². The number of unbranched alkanes of at least 4 members (excludes halogenated alkanes) is 11.